The van der Waals surface area contributed by atoms with Gasteiger partial charge in [-0.1, -0.05) is 13.8 Å². The van der Waals surface area contributed by atoms with E-state index in [4.69, 9.17) is 0 Å². The van der Waals surface area contributed by atoms with Gasteiger partial charge in [0.1, 0.15) is 0 Å². The van der Waals surface area contributed by atoms with E-state index >= 15 is 0 Å². The Morgan fingerprint density at radius 3 is 2.93 bits per heavy atom. The third-order valence-corrected chi connectivity index (χ3v) is 3.61. The lowest BCUT2D eigenvalue weighted by molar-refractivity contribution is 0.260. The lowest BCUT2D eigenvalue weighted by Crippen LogP contribution is -2.40. The molecule has 90 valence electrons. The Balaban J connectivity index is 2.15. The Morgan fingerprint density at radius 2 is 2.27 bits per heavy atom. The zero-order valence-corrected chi connectivity index (χ0v) is 11.3. The molecule has 0 aliphatic carbocycles. The van der Waals surface area contributed by atoms with Gasteiger partial charge in [-0.25, -0.2) is 0 Å². The minimum absolute atomic E-state index is 0.769. The zero-order valence-electron chi connectivity index (χ0n) is 10.5. The van der Waals surface area contributed by atoms with Crippen LogP contribution in [0, 0.1) is 5.92 Å². The fraction of sp³-hybridized carbons (Fsp3) is 1.00. The standard InChI is InChI=1S/C12H26N2S/c1-11(2)9-13-10-12-5-4-6-14(12)7-8-15-3/h11-13H,4-10H2,1-3H3. The third-order valence-electron chi connectivity index (χ3n) is 3.01. The van der Waals surface area contributed by atoms with Crippen molar-refractivity contribution in [2.75, 3.05) is 38.2 Å². The second kappa shape index (κ2) is 7.53. The van der Waals surface area contributed by atoms with Gasteiger partial charge in [-0.05, 0) is 38.1 Å². The van der Waals surface area contributed by atoms with Crippen molar-refractivity contribution in [1.82, 2.24) is 10.2 Å². The maximum Gasteiger partial charge on any atom is 0.0221 e. The SMILES string of the molecule is CSCCN1CCCC1CNCC(C)C. The first-order valence-corrected chi connectivity index (χ1v) is 7.57. The average Bonchev–Trinajstić information content (AvgIpc) is 2.62. The number of nitrogens with one attached hydrogen (secondary N) is 1. The Bertz CT molecular complexity index is 162. The van der Waals surface area contributed by atoms with Gasteiger partial charge >= 0.3 is 0 Å². The summed E-state index contributed by atoms with van der Waals surface area (Å²) in [5.41, 5.74) is 0. The predicted octanol–water partition coefficient (Wildman–Crippen LogP) is 2.06. The van der Waals surface area contributed by atoms with Gasteiger partial charge in [-0.3, -0.25) is 4.90 Å². The molecule has 0 bridgehead atoms. The highest BCUT2D eigenvalue weighted by molar-refractivity contribution is 7.98. The molecule has 1 unspecified atom stereocenters. The second-order valence-corrected chi connectivity index (χ2v) is 5.86. The Morgan fingerprint density at radius 1 is 1.47 bits per heavy atom. The molecule has 1 rings (SSSR count). The first-order valence-electron chi connectivity index (χ1n) is 6.17. The van der Waals surface area contributed by atoms with Crippen molar-refractivity contribution in [2.45, 2.75) is 32.7 Å². The van der Waals surface area contributed by atoms with Gasteiger partial charge in [0.05, 0.1) is 0 Å². The molecule has 0 aromatic carbocycles. The van der Waals surface area contributed by atoms with Gasteiger partial charge in [-0.2, -0.15) is 11.8 Å². The van der Waals surface area contributed by atoms with Crippen molar-refractivity contribution >= 4 is 11.8 Å². The van der Waals surface area contributed by atoms with Gasteiger partial charge in [0.2, 0.25) is 0 Å². The van der Waals surface area contributed by atoms with Crippen molar-refractivity contribution in [3.8, 4) is 0 Å². The van der Waals surface area contributed by atoms with Gasteiger partial charge in [-0.15, -0.1) is 0 Å². The smallest absolute Gasteiger partial charge is 0.0221 e. The second-order valence-electron chi connectivity index (χ2n) is 4.88. The summed E-state index contributed by atoms with van der Waals surface area (Å²) in [7, 11) is 0. The molecule has 1 saturated heterocycles. The van der Waals surface area contributed by atoms with Crippen LogP contribution in [-0.2, 0) is 0 Å². The minimum atomic E-state index is 0.769. The molecule has 0 amide bonds. The van der Waals surface area contributed by atoms with Crippen molar-refractivity contribution in [3.63, 3.8) is 0 Å². The first-order chi connectivity index (χ1) is 7.24. The van der Waals surface area contributed by atoms with Crippen LogP contribution in [0.5, 0.6) is 0 Å². The summed E-state index contributed by atoms with van der Waals surface area (Å²) in [6.45, 7) is 9.48. The molecule has 3 heteroatoms. The van der Waals surface area contributed by atoms with E-state index in [-0.39, 0.29) is 0 Å². The van der Waals surface area contributed by atoms with Crippen LogP contribution in [-0.4, -0.2) is 49.1 Å². The quantitative estimate of drug-likeness (QED) is 0.721. The van der Waals surface area contributed by atoms with Crippen LogP contribution < -0.4 is 5.32 Å². The van der Waals surface area contributed by atoms with Gasteiger partial charge in [0.25, 0.3) is 0 Å². The summed E-state index contributed by atoms with van der Waals surface area (Å²) < 4.78 is 0. The monoisotopic (exact) mass is 230 g/mol. The molecular formula is C12H26N2S. The van der Waals surface area contributed by atoms with Crippen LogP contribution in [0.1, 0.15) is 26.7 Å². The first kappa shape index (κ1) is 13.3. The van der Waals surface area contributed by atoms with Crippen LogP contribution in [0.4, 0.5) is 0 Å². The van der Waals surface area contributed by atoms with E-state index in [0.717, 1.165) is 18.5 Å². The fourth-order valence-electron chi connectivity index (χ4n) is 2.17. The molecule has 0 aromatic rings. The number of hydrogen-bond donors (Lipinski definition) is 1. The number of thioether (sulfide) groups is 1. The van der Waals surface area contributed by atoms with Gasteiger partial charge < -0.3 is 5.32 Å². The minimum Gasteiger partial charge on any atom is -0.315 e. The molecule has 15 heavy (non-hydrogen) atoms. The summed E-state index contributed by atoms with van der Waals surface area (Å²) >= 11 is 1.96. The lowest BCUT2D eigenvalue weighted by atomic mass is 10.2. The molecule has 0 aromatic heterocycles. The highest BCUT2D eigenvalue weighted by atomic mass is 32.2. The molecule has 1 atom stereocenters. The molecule has 1 aliphatic heterocycles. The molecular weight excluding hydrogens is 204 g/mol. The highest BCUT2D eigenvalue weighted by Crippen LogP contribution is 2.16. The number of hydrogen-bond acceptors (Lipinski definition) is 3. The van der Waals surface area contributed by atoms with Gasteiger partial charge in [0.15, 0.2) is 0 Å². The topological polar surface area (TPSA) is 15.3 Å². The van der Waals surface area contributed by atoms with E-state index < -0.39 is 0 Å². The average molecular weight is 230 g/mol. The molecule has 2 nitrogen and oxygen atoms in total. The summed E-state index contributed by atoms with van der Waals surface area (Å²) in [6, 6.07) is 0.802. The summed E-state index contributed by atoms with van der Waals surface area (Å²) in [5, 5.41) is 3.58. The number of rotatable bonds is 7. The maximum atomic E-state index is 3.58. The number of nitrogens with zero attached hydrogens (tertiary/aromatic N) is 1. The largest absolute Gasteiger partial charge is 0.315 e. The molecule has 0 radical (unpaired) electrons. The molecule has 1 aliphatic rings. The Labute approximate surface area is 99.2 Å². The summed E-state index contributed by atoms with van der Waals surface area (Å²) in [6.07, 6.45) is 4.98. The van der Waals surface area contributed by atoms with Crippen molar-refractivity contribution in [3.05, 3.63) is 0 Å². The van der Waals surface area contributed by atoms with E-state index in [1.54, 1.807) is 0 Å². The zero-order chi connectivity index (χ0) is 11.1. The predicted molar refractivity (Wildman–Crippen MR) is 70.7 cm³/mol. The highest BCUT2D eigenvalue weighted by Gasteiger charge is 2.23. The van der Waals surface area contributed by atoms with Crippen molar-refractivity contribution in [1.29, 1.82) is 0 Å². The summed E-state index contributed by atoms with van der Waals surface area (Å²) in [5.74, 6) is 2.05. The molecule has 0 spiro atoms. The Hall–Kier alpha value is 0.270. The van der Waals surface area contributed by atoms with Crippen LogP contribution in [0.15, 0.2) is 0 Å². The van der Waals surface area contributed by atoms with E-state index in [2.05, 4.69) is 30.3 Å². The van der Waals surface area contributed by atoms with E-state index in [0.29, 0.717) is 0 Å². The molecule has 1 heterocycles. The fourth-order valence-corrected chi connectivity index (χ4v) is 2.58. The van der Waals surface area contributed by atoms with Crippen LogP contribution in [0.25, 0.3) is 0 Å². The Kier molecular flexibility index (Phi) is 6.69. The normalized spacial score (nSPS) is 22.8. The maximum absolute atomic E-state index is 3.58. The van der Waals surface area contributed by atoms with E-state index in [9.17, 15) is 0 Å². The third kappa shape index (κ3) is 5.23. The van der Waals surface area contributed by atoms with Gasteiger partial charge in [0, 0.05) is 24.9 Å². The van der Waals surface area contributed by atoms with Crippen LogP contribution >= 0.6 is 11.8 Å². The van der Waals surface area contributed by atoms with E-state index in [1.165, 1.54) is 38.2 Å². The van der Waals surface area contributed by atoms with E-state index in [1.807, 2.05) is 11.8 Å². The number of likely N-dealkylation sites (tertiary alicyclic amines) is 1. The van der Waals surface area contributed by atoms with Crippen LogP contribution in [0.2, 0.25) is 0 Å². The molecule has 1 fully saturated rings. The summed E-state index contributed by atoms with van der Waals surface area (Å²) in [4.78, 5) is 2.66. The lowest BCUT2D eigenvalue weighted by Gasteiger charge is -2.24. The van der Waals surface area contributed by atoms with Crippen LogP contribution in [0.3, 0.4) is 0 Å². The molecule has 0 saturated carbocycles. The van der Waals surface area contributed by atoms with Crippen molar-refractivity contribution < 1.29 is 0 Å². The van der Waals surface area contributed by atoms with Crippen molar-refractivity contribution in [2.24, 2.45) is 5.92 Å². The molecule has 1 N–H and O–H groups in total.